The third kappa shape index (κ3) is 2.92. The van der Waals surface area contributed by atoms with Gasteiger partial charge in [-0.2, -0.15) is 0 Å². The molecule has 0 fully saturated rings. The number of pyridine rings is 1. The fourth-order valence-electron chi connectivity index (χ4n) is 1.38. The van der Waals surface area contributed by atoms with Gasteiger partial charge in [-0.3, -0.25) is 0 Å². The van der Waals surface area contributed by atoms with Gasteiger partial charge in [0.1, 0.15) is 5.01 Å². The van der Waals surface area contributed by atoms with Crippen LogP contribution in [0.1, 0.15) is 11.9 Å². The van der Waals surface area contributed by atoms with Crippen molar-refractivity contribution in [2.24, 2.45) is 0 Å². The second-order valence-electron chi connectivity index (χ2n) is 3.46. The summed E-state index contributed by atoms with van der Waals surface area (Å²) in [6, 6.07) is 0.815. The molecule has 0 radical (unpaired) electrons. The molecule has 2 N–H and O–H groups in total. The standard InChI is InChI=1S/C11H12F2N4S/c1-2-14-10-7(12)5-8(13)11(17-10)16-6-9-15-3-4-18-9/h3-5H,2,6H2,1H3,(H2,14,16,17). The van der Waals surface area contributed by atoms with Crippen LogP contribution in [-0.2, 0) is 6.54 Å². The summed E-state index contributed by atoms with van der Waals surface area (Å²) in [4.78, 5) is 7.92. The number of anilines is 2. The SMILES string of the molecule is CCNc1nc(NCc2nccs2)c(F)cc1F. The molecular weight excluding hydrogens is 258 g/mol. The van der Waals surface area contributed by atoms with Crippen molar-refractivity contribution in [3.05, 3.63) is 34.3 Å². The Balaban J connectivity index is 2.13. The number of nitrogens with one attached hydrogen (secondary N) is 2. The fourth-order valence-corrected chi connectivity index (χ4v) is 1.94. The molecule has 0 bridgehead atoms. The molecule has 0 atom stereocenters. The molecule has 0 saturated carbocycles. The zero-order valence-corrected chi connectivity index (χ0v) is 10.5. The highest BCUT2D eigenvalue weighted by molar-refractivity contribution is 7.09. The van der Waals surface area contributed by atoms with Gasteiger partial charge in [0.25, 0.3) is 0 Å². The Bertz CT molecular complexity index is 516. The van der Waals surface area contributed by atoms with Gasteiger partial charge in [0.05, 0.1) is 6.54 Å². The van der Waals surface area contributed by atoms with Gasteiger partial charge in [0.2, 0.25) is 0 Å². The lowest BCUT2D eigenvalue weighted by molar-refractivity contribution is 0.578. The molecule has 0 spiro atoms. The summed E-state index contributed by atoms with van der Waals surface area (Å²) in [6.07, 6.45) is 1.67. The van der Waals surface area contributed by atoms with E-state index in [1.165, 1.54) is 11.3 Å². The number of aromatic nitrogens is 2. The van der Waals surface area contributed by atoms with Crippen molar-refractivity contribution < 1.29 is 8.78 Å². The molecule has 2 heterocycles. The van der Waals surface area contributed by atoms with Crippen LogP contribution >= 0.6 is 11.3 Å². The molecule has 0 saturated heterocycles. The van der Waals surface area contributed by atoms with Gasteiger partial charge in [-0.15, -0.1) is 11.3 Å². The van der Waals surface area contributed by atoms with E-state index >= 15 is 0 Å². The molecule has 18 heavy (non-hydrogen) atoms. The Labute approximate surface area is 107 Å². The summed E-state index contributed by atoms with van der Waals surface area (Å²) in [7, 11) is 0. The summed E-state index contributed by atoms with van der Waals surface area (Å²) in [5.74, 6) is -1.36. The van der Waals surface area contributed by atoms with E-state index in [1.807, 2.05) is 12.3 Å². The van der Waals surface area contributed by atoms with E-state index in [1.54, 1.807) is 6.20 Å². The van der Waals surface area contributed by atoms with E-state index in [0.717, 1.165) is 11.1 Å². The van der Waals surface area contributed by atoms with Gasteiger partial charge >= 0.3 is 0 Å². The van der Waals surface area contributed by atoms with E-state index in [0.29, 0.717) is 13.1 Å². The van der Waals surface area contributed by atoms with Gasteiger partial charge in [0.15, 0.2) is 23.3 Å². The van der Waals surface area contributed by atoms with Crippen molar-refractivity contribution in [1.82, 2.24) is 9.97 Å². The Hall–Kier alpha value is -1.76. The largest absolute Gasteiger partial charge is 0.368 e. The molecule has 0 unspecified atom stereocenters. The predicted molar refractivity (Wildman–Crippen MR) is 67.8 cm³/mol. The maximum atomic E-state index is 13.5. The first-order valence-corrected chi connectivity index (χ1v) is 6.30. The monoisotopic (exact) mass is 270 g/mol. The average Bonchev–Trinajstić information content (AvgIpc) is 2.84. The number of hydrogen-bond acceptors (Lipinski definition) is 5. The van der Waals surface area contributed by atoms with Crippen molar-refractivity contribution in [3.63, 3.8) is 0 Å². The van der Waals surface area contributed by atoms with Gasteiger partial charge < -0.3 is 10.6 Å². The molecule has 0 aromatic carbocycles. The first-order valence-electron chi connectivity index (χ1n) is 5.43. The fraction of sp³-hybridized carbons (Fsp3) is 0.273. The zero-order chi connectivity index (χ0) is 13.0. The lowest BCUT2D eigenvalue weighted by Gasteiger charge is -2.09. The lowest BCUT2D eigenvalue weighted by atomic mass is 10.4. The molecule has 0 amide bonds. The van der Waals surface area contributed by atoms with Crippen molar-refractivity contribution >= 4 is 23.0 Å². The third-order valence-electron chi connectivity index (χ3n) is 2.16. The minimum atomic E-state index is -0.717. The van der Waals surface area contributed by atoms with Crippen molar-refractivity contribution in [2.75, 3.05) is 17.2 Å². The predicted octanol–water partition coefficient (Wildman–Crippen LogP) is 2.86. The quantitative estimate of drug-likeness (QED) is 0.877. The minimum absolute atomic E-state index is 0.0163. The van der Waals surface area contributed by atoms with Crippen LogP contribution < -0.4 is 10.6 Å². The van der Waals surface area contributed by atoms with Crippen molar-refractivity contribution in [3.8, 4) is 0 Å². The molecule has 4 nitrogen and oxygen atoms in total. The number of hydrogen-bond donors (Lipinski definition) is 2. The first-order chi connectivity index (χ1) is 8.70. The van der Waals surface area contributed by atoms with Gasteiger partial charge in [-0.05, 0) is 6.92 Å². The van der Waals surface area contributed by atoms with Crippen molar-refractivity contribution in [2.45, 2.75) is 13.5 Å². The molecule has 96 valence electrons. The van der Waals surface area contributed by atoms with Crippen LogP contribution in [0.2, 0.25) is 0 Å². The number of thiazole rings is 1. The molecule has 7 heteroatoms. The number of rotatable bonds is 5. The van der Waals surface area contributed by atoms with Crippen molar-refractivity contribution in [1.29, 1.82) is 0 Å². The van der Waals surface area contributed by atoms with Crippen LogP contribution in [0.25, 0.3) is 0 Å². The summed E-state index contributed by atoms with van der Waals surface area (Å²) in [5, 5.41) is 8.17. The molecule has 2 aromatic rings. The van der Waals surface area contributed by atoms with Gasteiger partial charge in [-0.1, -0.05) is 0 Å². The van der Waals surface area contributed by atoms with E-state index in [9.17, 15) is 8.78 Å². The minimum Gasteiger partial charge on any atom is -0.368 e. The Morgan fingerprint density at radius 1 is 1.22 bits per heavy atom. The highest BCUT2D eigenvalue weighted by Gasteiger charge is 2.11. The van der Waals surface area contributed by atoms with Crippen LogP contribution in [0.5, 0.6) is 0 Å². The van der Waals surface area contributed by atoms with E-state index in [4.69, 9.17) is 0 Å². The first kappa shape index (κ1) is 12.7. The normalized spacial score (nSPS) is 10.4. The highest BCUT2D eigenvalue weighted by atomic mass is 32.1. The molecule has 0 aliphatic carbocycles. The van der Waals surface area contributed by atoms with Crippen LogP contribution in [0.15, 0.2) is 17.6 Å². The Kier molecular flexibility index (Phi) is 4.03. The average molecular weight is 270 g/mol. The smallest absolute Gasteiger partial charge is 0.168 e. The highest BCUT2D eigenvalue weighted by Crippen LogP contribution is 2.19. The lowest BCUT2D eigenvalue weighted by Crippen LogP contribution is -2.08. The second-order valence-corrected chi connectivity index (χ2v) is 4.44. The molecule has 2 rings (SSSR count). The molecular formula is C11H12F2N4S. The number of nitrogens with zero attached hydrogens (tertiary/aromatic N) is 2. The second kappa shape index (κ2) is 5.72. The van der Waals surface area contributed by atoms with E-state index in [-0.39, 0.29) is 11.6 Å². The van der Waals surface area contributed by atoms with Crippen LogP contribution in [0.4, 0.5) is 20.4 Å². The summed E-state index contributed by atoms with van der Waals surface area (Å²) in [6.45, 7) is 2.69. The van der Waals surface area contributed by atoms with E-state index < -0.39 is 11.6 Å². The molecule has 2 aromatic heterocycles. The van der Waals surface area contributed by atoms with Gasteiger partial charge in [0, 0.05) is 24.2 Å². The number of halogens is 2. The topological polar surface area (TPSA) is 49.8 Å². The summed E-state index contributed by atoms with van der Waals surface area (Å²) >= 11 is 1.45. The maximum Gasteiger partial charge on any atom is 0.168 e. The maximum absolute atomic E-state index is 13.5. The Morgan fingerprint density at radius 2 is 1.94 bits per heavy atom. The molecule has 0 aliphatic heterocycles. The Morgan fingerprint density at radius 3 is 2.56 bits per heavy atom. The van der Waals surface area contributed by atoms with E-state index in [2.05, 4.69) is 20.6 Å². The summed E-state index contributed by atoms with van der Waals surface area (Å²) in [5.41, 5.74) is 0. The van der Waals surface area contributed by atoms with Crippen LogP contribution in [0, 0.1) is 11.6 Å². The molecule has 0 aliphatic rings. The van der Waals surface area contributed by atoms with Gasteiger partial charge in [-0.25, -0.2) is 18.7 Å². The summed E-state index contributed by atoms with van der Waals surface area (Å²) < 4.78 is 26.8. The zero-order valence-electron chi connectivity index (χ0n) is 9.70. The van der Waals surface area contributed by atoms with Crippen LogP contribution in [-0.4, -0.2) is 16.5 Å². The third-order valence-corrected chi connectivity index (χ3v) is 2.94. The van der Waals surface area contributed by atoms with Crippen LogP contribution in [0.3, 0.4) is 0 Å².